The number of aromatic nitrogens is 4. The van der Waals surface area contributed by atoms with Crippen molar-refractivity contribution in [2.75, 3.05) is 5.32 Å². The number of nitrogens with one attached hydrogen (secondary N) is 1. The second-order valence-electron chi connectivity index (χ2n) is 7.34. The summed E-state index contributed by atoms with van der Waals surface area (Å²) >= 11 is 0. The number of nitrogens with zero attached hydrogens (tertiary/aromatic N) is 4. The van der Waals surface area contributed by atoms with Crippen LogP contribution in [0.25, 0.3) is 0 Å². The Bertz CT molecular complexity index is 878. The molecule has 1 fully saturated rings. The number of rotatable bonds is 5. The van der Waals surface area contributed by atoms with Gasteiger partial charge in [-0.3, -0.25) is 14.2 Å². The van der Waals surface area contributed by atoms with Gasteiger partial charge in [0.05, 0.1) is 5.69 Å². The number of amides is 1. The summed E-state index contributed by atoms with van der Waals surface area (Å²) < 4.78 is 42.9. The number of fused-ring (bicyclic) bond motifs is 1. The molecule has 6 nitrogen and oxygen atoms in total. The normalized spacial score (nSPS) is 17.8. The predicted molar refractivity (Wildman–Crippen MR) is 92.4 cm³/mol. The Labute approximate surface area is 154 Å². The van der Waals surface area contributed by atoms with E-state index in [4.69, 9.17) is 0 Å². The molecule has 1 saturated carbocycles. The minimum Gasteiger partial charge on any atom is -0.309 e. The summed E-state index contributed by atoms with van der Waals surface area (Å²) in [4.78, 5) is 12.9. The molecule has 1 atom stereocenters. The Hall–Kier alpha value is -2.32. The molecule has 0 spiro atoms. The Morgan fingerprint density at radius 3 is 2.70 bits per heavy atom. The van der Waals surface area contributed by atoms with Crippen molar-refractivity contribution in [3.63, 3.8) is 0 Å². The molecule has 4 rings (SSSR count). The van der Waals surface area contributed by atoms with Crippen LogP contribution < -0.4 is 5.32 Å². The number of hydrogen-bond donors (Lipinski definition) is 1. The highest BCUT2D eigenvalue weighted by Crippen LogP contribution is 2.40. The fourth-order valence-corrected chi connectivity index (χ4v) is 3.81. The van der Waals surface area contributed by atoms with Gasteiger partial charge in [0.2, 0.25) is 5.91 Å². The van der Waals surface area contributed by atoms with E-state index in [1.165, 1.54) is 4.68 Å². The molecule has 9 heteroatoms. The summed E-state index contributed by atoms with van der Waals surface area (Å²) in [6.07, 6.45) is -0.432. The van der Waals surface area contributed by atoms with Crippen LogP contribution in [0.4, 0.5) is 19.0 Å². The van der Waals surface area contributed by atoms with E-state index in [-0.39, 0.29) is 11.5 Å². The molecule has 146 valence electrons. The summed E-state index contributed by atoms with van der Waals surface area (Å²) in [6, 6.07) is 1.06. The van der Waals surface area contributed by atoms with Crippen LogP contribution in [0.5, 0.6) is 0 Å². The van der Waals surface area contributed by atoms with Crippen LogP contribution in [0, 0.1) is 0 Å². The molecule has 1 amide bonds. The van der Waals surface area contributed by atoms with E-state index in [9.17, 15) is 18.0 Å². The van der Waals surface area contributed by atoms with Gasteiger partial charge in [-0.1, -0.05) is 6.92 Å². The molecular formula is C18H22F3N5O. The van der Waals surface area contributed by atoms with Crippen molar-refractivity contribution in [2.45, 2.75) is 63.6 Å². The fraction of sp³-hybridized carbons (Fsp3) is 0.611. The fourth-order valence-electron chi connectivity index (χ4n) is 3.81. The lowest BCUT2D eigenvalue weighted by molar-refractivity contribution is -0.142. The van der Waals surface area contributed by atoms with E-state index in [1.54, 1.807) is 18.7 Å². The van der Waals surface area contributed by atoms with Crippen LogP contribution in [-0.4, -0.2) is 25.5 Å². The van der Waals surface area contributed by atoms with Crippen molar-refractivity contribution in [3.8, 4) is 0 Å². The third kappa shape index (κ3) is 3.23. The number of hydrogen-bond acceptors (Lipinski definition) is 3. The predicted octanol–water partition coefficient (Wildman–Crippen LogP) is 3.59. The molecule has 2 aliphatic rings. The number of alkyl halides is 3. The third-order valence-corrected chi connectivity index (χ3v) is 5.36. The molecule has 0 aliphatic heterocycles. The van der Waals surface area contributed by atoms with Crippen LogP contribution in [0.1, 0.15) is 67.2 Å². The first kappa shape index (κ1) is 18.1. The van der Waals surface area contributed by atoms with Crippen LogP contribution in [-0.2, 0) is 30.9 Å². The van der Waals surface area contributed by atoms with Crippen LogP contribution >= 0.6 is 0 Å². The molecule has 0 saturated heterocycles. The van der Waals surface area contributed by atoms with E-state index in [0.717, 1.165) is 18.5 Å². The van der Waals surface area contributed by atoms with Gasteiger partial charge in [0, 0.05) is 30.3 Å². The lowest BCUT2D eigenvalue weighted by atomic mass is 10.1. The van der Waals surface area contributed by atoms with Crippen LogP contribution in [0.3, 0.4) is 0 Å². The maximum absolute atomic E-state index is 13.3. The zero-order valence-electron chi connectivity index (χ0n) is 15.3. The van der Waals surface area contributed by atoms with Crippen molar-refractivity contribution < 1.29 is 18.0 Å². The van der Waals surface area contributed by atoms with Gasteiger partial charge >= 0.3 is 6.18 Å². The summed E-state index contributed by atoms with van der Waals surface area (Å²) in [6.45, 7) is 1.78. The van der Waals surface area contributed by atoms with E-state index in [1.807, 2.05) is 6.07 Å². The number of anilines is 1. The highest BCUT2D eigenvalue weighted by atomic mass is 19.4. The number of aryl methyl sites for hydroxylation is 1. The summed E-state index contributed by atoms with van der Waals surface area (Å²) in [5.41, 5.74) is 0.872. The first-order valence-corrected chi connectivity index (χ1v) is 9.31. The number of carbonyl (C=O) groups is 1. The van der Waals surface area contributed by atoms with Crippen LogP contribution in [0.2, 0.25) is 0 Å². The smallest absolute Gasteiger partial charge is 0.309 e. The third-order valence-electron chi connectivity index (χ3n) is 5.36. The van der Waals surface area contributed by atoms with Gasteiger partial charge in [-0.25, -0.2) is 0 Å². The molecule has 0 bridgehead atoms. The molecule has 27 heavy (non-hydrogen) atoms. The lowest BCUT2D eigenvalue weighted by Crippen LogP contribution is -2.28. The van der Waals surface area contributed by atoms with Gasteiger partial charge < -0.3 is 5.32 Å². The van der Waals surface area contributed by atoms with E-state index in [2.05, 4.69) is 15.5 Å². The monoisotopic (exact) mass is 381 g/mol. The molecule has 1 N–H and O–H groups in total. The summed E-state index contributed by atoms with van der Waals surface area (Å²) in [5.74, 6) is 0.640. The molecule has 2 heterocycles. The largest absolute Gasteiger partial charge is 0.435 e. The Morgan fingerprint density at radius 1 is 1.33 bits per heavy atom. The average Bonchev–Trinajstić information content (AvgIpc) is 3.05. The molecule has 0 radical (unpaired) electrons. The van der Waals surface area contributed by atoms with Gasteiger partial charge in [0.15, 0.2) is 5.69 Å². The zero-order valence-corrected chi connectivity index (χ0v) is 15.3. The van der Waals surface area contributed by atoms with Gasteiger partial charge in [0.25, 0.3) is 0 Å². The highest BCUT2D eigenvalue weighted by Gasteiger charge is 2.41. The van der Waals surface area contributed by atoms with Gasteiger partial charge in [0.1, 0.15) is 11.9 Å². The first-order chi connectivity index (χ1) is 12.8. The molecule has 0 unspecified atom stereocenters. The maximum Gasteiger partial charge on any atom is 0.435 e. The molecule has 2 aliphatic carbocycles. The Morgan fingerprint density at radius 2 is 2.07 bits per heavy atom. The summed E-state index contributed by atoms with van der Waals surface area (Å²) in [5, 5.41) is 11.0. The number of halogens is 3. The lowest BCUT2D eigenvalue weighted by Gasteiger charge is -2.18. The minimum atomic E-state index is -4.50. The van der Waals surface area contributed by atoms with Gasteiger partial charge in [-0.05, 0) is 38.5 Å². The van der Waals surface area contributed by atoms with Gasteiger partial charge in [-0.15, -0.1) is 0 Å². The van der Waals surface area contributed by atoms with Crippen molar-refractivity contribution >= 4 is 11.7 Å². The van der Waals surface area contributed by atoms with E-state index >= 15 is 0 Å². The Balaban J connectivity index is 1.61. The standard InChI is InChI=1S/C18H22F3N5O/c1-3-13(17(27)22-15-9-12(10-7-8-10)23-25(15)2)26-14-6-4-5-11(14)16(24-26)18(19,20)21/h9-10,13H,3-8H2,1-2H3,(H,22,27)/t13-/m1/s1. The molecule has 2 aromatic heterocycles. The molecule has 0 aromatic carbocycles. The topological polar surface area (TPSA) is 64.7 Å². The minimum absolute atomic E-state index is 0.241. The maximum atomic E-state index is 13.3. The van der Waals surface area contributed by atoms with Crippen molar-refractivity contribution in [1.82, 2.24) is 19.6 Å². The van der Waals surface area contributed by atoms with E-state index in [0.29, 0.717) is 43.1 Å². The summed E-state index contributed by atoms with van der Waals surface area (Å²) in [7, 11) is 1.75. The van der Waals surface area contributed by atoms with Crippen LogP contribution in [0.15, 0.2) is 6.07 Å². The second kappa shape index (κ2) is 6.38. The SMILES string of the molecule is CC[C@H](C(=O)Nc1cc(C2CC2)nn1C)n1nc(C(F)(F)F)c2c1CCC2. The van der Waals surface area contributed by atoms with Gasteiger partial charge in [-0.2, -0.15) is 23.4 Å². The molecular weight excluding hydrogens is 359 g/mol. The second-order valence-corrected chi connectivity index (χ2v) is 7.34. The average molecular weight is 381 g/mol. The number of carbonyl (C=O) groups excluding carboxylic acids is 1. The molecule has 2 aromatic rings. The Kier molecular flexibility index (Phi) is 4.27. The van der Waals surface area contributed by atoms with E-state index < -0.39 is 17.9 Å². The first-order valence-electron chi connectivity index (χ1n) is 9.31. The highest BCUT2D eigenvalue weighted by molar-refractivity contribution is 5.93. The van der Waals surface area contributed by atoms with Crippen molar-refractivity contribution in [1.29, 1.82) is 0 Å². The zero-order chi connectivity index (χ0) is 19.3. The van der Waals surface area contributed by atoms with Crippen molar-refractivity contribution in [2.24, 2.45) is 7.05 Å². The van der Waals surface area contributed by atoms with Crippen molar-refractivity contribution in [3.05, 3.63) is 28.7 Å². The quantitative estimate of drug-likeness (QED) is 0.861.